The van der Waals surface area contributed by atoms with Crippen molar-refractivity contribution < 1.29 is 14.3 Å². The topological polar surface area (TPSA) is 85.5 Å². The van der Waals surface area contributed by atoms with Crippen LogP contribution in [0.3, 0.4) is 0 Å². The molecule has 2 aromatic carbocycles. The zero-order valence-corrected chi connectivity index (χ0v) is 20.3. The zero-order valence-electron chi connectivity index (χ0n) is 18.7. The van der Waals surface area contributed by atoms with Crippen molar-refractivity contribution in [2.24, 2.45) is 5.73 Å². The lowest BCUT2D eigenvalue weighted by atomic mass is 10.0. The molecule has 2 atom stereocenters. The molecule has 1 aromatic heterocycles. The van der Waals surface area contributed by atoms with Gasteiger partial charge in [-0.25, -0.2) is 4.79 Å². The lowest BCUT2D eigenvalue weighted by Crippen LogP contribution is -2.68. The Morgan fingerprint density at radius 1 is 1.09 bits per heavy atom. The van der Waals surface area contributed by atoms with E-state index in [1.54, 1.807) is 24.2 Å². The van der Waals surface area contributed by atoms with Crippen molar-refractivity contribution in [3.8, 4) is 0 Å². The molecule has 8 heteroatoms. The quantitative estimate of drug-likeness (QED) is 0.375. The second-order valence-electron chi connectivity index (χ2n) is 8.02. The van der Waals surface area contributed by atoms with E-state index < -0.39 is 18.1 Å². The molecular weight excluding hydrogens is 478 g/mol. The highest BCUT2D eigenvalue weighted by Gasteiger charge is 2.52. The number of benzene rings is 2. The van der Waals surface area contributed by atoms with Gasteiger partial charge in [-0.2, -0.15) is 0 Å². The number of esters is 1. The molecular formula is C27H23N3O3S2. The van der Waals surface area contributed by atoms with Crippen LogP contribution in [0.25, 0.3) is 6.08 Å². The van der Waals surface area contributed by atoms with Gasteiger partial charge in [0.1, 0.15) is 17.1 Å². The van der Waals surface area contributed by atoms with Gasteiger partial charge in [0.2, 0.25) is 5.91 Å². The molecule has 0 spiro atoms. The number of aromatic nitrogens is 1. The summed E-state index contributed by atoms with van der Waals surface area (Å²) in [5, 5.41) is 1.64. The number of fused-ring (bicyclic) bond motifs is 1. The van der Waals surface area contributed by atoms with Crippen LogP contribution in [0.4, 0.5) is 0 Å². The molecule has 0 radical (unpaired) electrons. The van der Waals surface area contributed by atoms with Crippen LogP contribution >= 0.6 is 23.5 Å². The van der Waals surface area contributed by atoms with Crippen LogP contribution in [0, 0.1) is 0 Å². The minimum Gasteiger partial charge on any atom is -0.448 e. The fourth-order valence-corrected chi connectivity index (χ4v) is 6.28. The summed E-state index contributed by atoms with van der Waals surface area (Å²) in [7, 11) is 0. The SMILES string of the molecule is N[C@@H]1C(=O)N2C(C(=O)OC(c3ccccc3)c3ccccc3)=C(S/C=C\c3cccnc3)CS[C@@H]12. The summed E-state index contributed by atoms with van der Waals surface area (Å²) in [5.74, 6) is -0.235. The lowest BCUT2D eigenvalue weighted by Gasteiger charge is -2.48. The minimum absolute atomic E-state index is 0.261. The van der Waals surface area contributed by atoms with E-state index in [1.165, 1.54) is 16.7 Å². The molecule has 3 aromatic rings. The van der Waals surface area contributed by atoms with Crippen LogP contribution in [0.15, 0.2) is 101 Å². The van der Waals surface area contributed by atoms with Crippen molar-refractivity contribution >= 4 is 41.5 Å². The summed E-state index contributed by atoms with van der Waals surface area (Å²) >= 11 is 2.96. The van der Waals surface area contributed by atoms with Gasteiger partial charge in [-0.15, -0.1) is 11.8 Å². The first-order chi connectivity index (χ1) is 17.1. The second-order valence-corrected chi connectivity index (χ2v) is 10.1. The van der Waals surface area contributed by atoms with Crippen LogP contribution in [-0.2, 0) is 14.3 Å². The number of nitrogens with zero attached hydrogens (tertiary/aromatic N) is 2. The molecule has 35 heavy (non-hydrogen) atoms. The molecule has 2 N–H and O–H groups in total. The van der Waals surface area contributed by atoms with E-state index in [0.717, 1.165) is 21.6 Å². The molecule has 0 saturated carbocycles. The molecule has 6 nitrogen and oxygen atoms in total. The van der Waals surface area contributed by atoms with Crippen molar-refractivity contribution in [3.05, 3.63) is 118 Å². The predicted octanol–water partition coefficient (Wildman–Crippen LogP) is 4.57. The van der Waals surface area contributed by atoms with Gasteiger partial charge in [0, 0.05) is 23.1 Å². The van der Waals surface area contributed by atoms with Crippen LogP contribution < -0.4 is 5.73 Å². The molecule has 0 aliphatic carbocycles. The molecule has 176 valence electrons. The van der Waals surface area contributed by atoms with Gasteiger partial charge in [0.25, 0.3) is 0 Å². The van der Waals surface area contributed by atoms with Crippen LogP contribution in [0.2, 0.25) is 0 Å². The summed E-state index contributed by atoms with van der Waals surface area (Å²) in [5.41, 5.74) is 8.96. The second kappa shape index (κ2) is 10.5. The smallest absolute Gasteiger partial charge is 0.356 e. The predicted molar refractivity (Wildman–Crippen MR) is 140 cm³/mol. The molecule has 1 saturated heterocycles. The summed E-state index contributed by atoms with van der Waals surface area (Å²) < 4.78 is 6.10. The Morgan fingerprint density at radius 3 is 2.40 bits per heavy atom. The van der Waals surface area contributed by atoms with Crippen molar-refractivity contribution in [2.45, 2.75) is 17.5 Å². The molecule has 3 heterocycles. The number of pyridine rings is 1. The van der Waals surface area contributed by atoms with Gasteiger partial charge in [-0.1, -0.05) is 78.5 Å². The Labute approximate surface area is 212 Å². The first-order valence-corrected chi connectivity index (χ1v) is 13.0. The van der Waals surface area contributed by atoms with Crippen molar-refractivity contribution in [2.75, 3.05) is 5.75 Å². The molecule has 0 bridgehead atoms. The Kier molecular flexibility index (Phi) is 7.03. The molecule has 0 unspecified atom stereocenters. The number of hydrogen-bond donors (Lipinski definition) is 1. The van der Waals surface area contributed by atoms with Gasteiger partial charge >= 0.3 is 5.97 Å². The number of rotatable bonds is 7. The normalized spacial score (nSPS) is 19.6. The maximum Gasteiger partial charge on any atom is 0.356 e. The third kappa shape index (κ3) is 4.91. The molecule has 1 amide bonds. The van der Waals surface area contributed by atoms with Gasteiger partial charge < -0.3 is 10.5 Å². The summed E-state index contributed by atoms with van der Waals surface area (Å²) in [6, 6.07) is 22.4. The highest BCUT2D eigenvalue weighted by molar-refractivity contribution is 8.08. The molecule has 5 rings (SSSR count). The highest BCUT2D eigenvalue weighted by Crippen LogP contribution is 2.44. The van der Waals surface area contributed by atoms with Crippen molar-refractivity contribution in [1.29, 1.82) is 0 Å². The number of nitrogens with two attached hydrogens (primary N) is 1. The summed E-state index contributed by atoms with van der Waals surface area (Å²) in [4.78, 5) is 32.7. The molecule has 2 aliphatic rings. The largest absolute Gasteiger partial charge is 0.448 e. The average Bonchev–Trinajstić information content (AvgIpc) is 2.92. The van der Waals surface area contributed by atoms with E-state index in [4.69, 9.17) is 10.5 Å². The first-order valence-electron chi connectivity index (χ1n) is 11.1. The van der Waals surface area contributed by atoms with Crippen molar-refractivity contribution in [3.63, 3.8) is 0 Å². The number of carbonyl (C=O) groups is 2. The number of hydrogen-bond acceptors (Lipinski definition) is 7. The average molecular weight is 502 g/mol. The third-order valence-electron chi connectivity index (χ3n) is 5.75. The minimum atomic E-state index is -0.612. The number of ether oxygens (including phenoxy) is 1. The lowest BCUT2D eigenvalue weighted by molar-refractivity contribution is -0.152. The fourth-order valence-electron chi connectivity index (χ4n) is 3.98. The van der Waals surface area contributed by atoms with Crippen LogP contribution in [0.5, 0.6) is 0 Å². The monoisotopic (exact) mass is 501 g/mol. The van der Waals surface area contributed by atoms with Gasteiger partial charge in [-0.05, 0) is 34.2 Å². The summed E-state index contributed by atoms with van der Waals surface area (Å²) in [6.45, 7) is 0. The van der Waals surface area contributed by atoms with Gasteiger partial charge in [0.05, 0.1) is 0 Å². The number of β-lactam (4-membered cyclic amide) rings is 1. The standard InChI is InChI=1S/C27H23N3O3S2/c28-22-25(31)30-23(21(17-35-26(22)30)34-15-13-18-8-7-14-29-16-18)27(32)33-24(19-9-3-1-4-10-19)20-11-5-2-6-12-20/h1-16,22,24,26H,17,28H2/b15-13-/t22-,26+/m1/s1. The summed E-state index contributed by atoms with van der Waals surface area (Å²) in [6.07, 6.45) is 4.79. The van der Waals surface area contributed by atoms with E-state index in [2.05, 4.69) is 4.98 Å². The first kappa shape index (κ1) is 23.4. The third-order valence-corrected chi connectivity index (χ3v) is 8.13. The van der Waals surface area contributed by atoms with E-state index in [-0.39, 0.29) is 17.0 Å². The maximum atomic E-state index is 13.7. The Hall–Kier alpha value is -3.33. The highest BCUT2D eigenvalue weighted by atomic mass is 32.2. The van der Waals surface area contributed by atoms with Gasteiger partial charge in [-0.3, -0.25) is 14.7 Å². The Balaban J connectivity index is 1.46. The Bertz CT molecular complexity index is 1230. The molecule has 2 aliphatic heterocycles. The fraction of sp³-hybridized carbons (Fsp3) is 0.148. The van der Waals surface area contributed by atoms with Gasteiger partial charge in [0.15, 0.2) is 6.10 Å². The maximum absolute atomic E-state index is 13.7. The van der Waals surface area contributed by atoms with E-state index >= 15 is 0 Å². The van der Waals surface area contributed by atoms with E-state index in [0.29, 0.717) is 5.75 Å². The number of thioether (sulfide) groups is 2. The van der Waals surface area contributed by atoms with Crippen LogP contribution in [-0.4, -0.2) is 38.9 Å². The van der Waals surface area contributed by atoms with E-state index in [9.17, 15) is 9.59 Å². The number of carbonyl (C=O) groups excluding carboxylic acids is 2. The molecule has 1 fully saturated rings. The number of amides is 1. The van der Waals surface area contributed by atoms with E-state index in [1.807, 2.05) is 84.3 Å². The Morgan fingerprint density at radius 2 is 1.77 bits per heavy atom. The zero-order chi connectivity index (χ0) is 24.2. The van der Waals surface area contributed by atoms with Crippen molar-refractivity contribution in [1.82, 2.24) is 9.88 Å². The van der Waals surface area contributed by atoms with Crippen LogP contribution in [0.1, 0.15) is 22.8 Å².